The van der Waals surface area contributed by atoms with Crippen molar-refractivity contribution in [1.82, 2.24) is 9.88 Å². The van der Waals surface area contributed by atoms with Gasteiger partial charge in [0.25, 0.3) is 5.91 Å². The van der Waals surface area contributed by atoms with E-state index in [4.69, 9.17) is 11.6 Å². The van der Waals surface area contributed by atoms with Gasteiger partial charge in [-0.1, -0.05) is 48.9 Å². The summed E-state index contributed by atoms with van der Waals surface area (Å²) in [5, 5.41) is 3.77. The Morgan fingerprint density at radius 1 is 1.36 bits per heavy atom. The number of carbonyl (C=O) groups excluding carboxylic acids is 2. The van der Waals surface area contributed by atoms with Gasteiger partial charge in [-0.3, -0.25) is 14.9 Å². The Morgan fingerprint density at radius 2 is 2.12 bits per heavy atom. The highest BCUT2D eigenvalue weighted by Crippen LogP contribution is 2.29. The van der Waals surface area contributed by atoms with Crippen molar-refractivity contribution < 1.29 is 9.59 Å². The molecule has 7 heteroatoms. The highest BCUT2D eigenvalue weighted by Gasteiger charge is 2.25. The maximum atomic E-state index is 12.3. The van der Waals surface area contributed by atoms with Crippen LogP contribution in [0.2, 0.25) is 5.02 Å². The van der Waals surface area contributed by atoms with Crippen LogP contribution in [-0.2, 0) is 17.8 Å². The molecule has 2 heterocycles. The molecule has 3 rings (SSSR count). The zero-order valence-electron chi connectivity index (χ0n) is 14.2. The molecule has 2 amide bonds. The van der Waals surface area contributed by atoms with Crippen molar-refractivity contribution in [2.45, 2.75) is 33.2 Å². The Labute approximate surface area is 156 Å². The van der Waals surface area contributed by atoms with Crippen LogP contribution >= 0.6 is 22.9 Å². The highest BCUT2D eigenvalue weighted by molar-refractivity contribution is 7.15. The molecular weight excluding hydrogens is 358 g/mol. The number of halogens is 1. The molecule has 5 nitrogen and oxygen atoms in total. The SMILES string of the molecule is CC(C)CC(=O)N1CCc2nc(NC(=O)c3ccccc3Cl)sc2C1. The minimum atomic E-state index is -0.274. The van der Waals surface area contributed by atoms with Crippen LogP contribution in [0.25, 0.3) is 0 Å². The molecule has 1 aliphatic rings. The number of amides is 2. The fourth-order valence-corrected chi connectivity index (χ4v) is 3.99. The Morgan fingerprint density at radius 3 is 2.84 bits per heavy atom. The summed E-state index contributed by atoms with van der Waals surface area (Å²) in [5.74, 6) is 0.251. The summed E-state index contributed by atoms with van der Waals surface area (Å²) in [5.41, 5.74) is 1.39. The van der Waals surface area contributed by atoms with Gasteiger partial charge in [0.05, 0.1) is 22.8 Å². The van der Waals surface area contributed by atoms with Crippen LogP contribution in [0.5, 0.6) is 0 Å². The first kappa shape index (κ1) is 17.9. The van der Waals surface area contributed by atoms with Gasteiger partial charge in [0.15, 0.2) is 5.13 Å². The van der Waals surface area contributed by atoms with E-state index in [1.54, 1.807) is 24.3 Å². The molecule has 2 aromatic rings. The summed E-state index contributed by atoms with van der Waals surface area (Å²) in [4.78, 5) is 32.0. The molecule has 132 valence electrons. The van der Waals surface area contributed by atoms with Crippen molar-refractivity contribution in [2.24, 2.45) is 5.92 Å². The minimum Gasteiger partial charge on any atom is -0.337 e. The number of thiazole rings is 1. The van der Waals surface area contributed by atoms with E-state index < -0.39 is 0 Å². The molecule has 0 atom stereocenters. The zero-order chi connectivity index (χ0) is 18.0. The second-order valence-electron chi connectivity index (χ2n) is 6.49. The average molecular weight is 378 g/mol. The van der Waals surface area contributed by atoms with E-state index in [1.165, 1.54) is 11.3 Å². The summed E-state index contributed by atoms with van der Waals surface area (Å²) in [6.07, 6.45) is 1.28. The first-order valence-corrected chi connectivity index (χ1v) is 9.45. The number of rotatable bonds is 4. The van der Waals surface area contributed by atoms with Crippen LogP contribution in [-0.4, -0.2) is 28.2 Å². The lowest BCUT2D eigenvalue weighted by Crippen LogP contribution is -2.36. The number of nitrogens with one attached hydrogen (secondary N) is 1. The Balaban J connectivity index is 1.69. The molecule has 1 aromatic heterocycles. The van der Waals surface area contributed by atoms with E-state index in [1.807, 2.05) is 18.7 Å². The summed E-state index contributed by atoms with van der Waals surface area (Å²) in [6.45, 7) is 5.34. The van der Waals surface area contributed by atoms with Gasteiger partial charge >= 0.3 is 0 Å². The highest BCUT2D eigenvalue weighted by atomic mass is 35.5. The van der Waals surface area contributed by atoms with Crippen molar-refractivity contribution in [1.29, 1.82) is 0 Å². The number of fused-ring (bicyclic) bond motifs is 1. The fraction of sp³-hybridized carbons (Fsp3) is 0.389. The molecule has 0 spiro atoms. The number of hydrogen-bond acceptors (Lipinski definition) is 4. The number of carbonyl (C=O) groups is 2. The third-order valence-electron chi connectivity index (χ3n) is 4.01. The summed E-state index contributed by atoms with van der Waals surface area (Å²) in [6, 6.07) is 6.91. The lowest BCUT2D eigenvalue weighted by Gasteiger charge is -2.26. The summed E-state index contributed by atoms with van der Waals surface area (Å²) < 4.78 is 0. The Bertz CT molecular complexity index is 803. The van der Waals surface area contributed by atoms with Crippen molar-refractivity contribution in [3.8, 4) is 0 Å². The van der Waals surface area contributed by atoms with Crippen LogP contribution < -0.4 is 5.32 Å². The second kappa shape index (κ2) is 7.54. The van der Waals surface area contributed by atoms with Gasteiger partial charge in [-0.25, -0.2) is 4.98 Å². The average Bonchev–Trinajstić information content (AvgIpc) is 2.95. The number of aromatic nitrogens is 1. The maximum Gasteiger partial charge on any atom is 0.258 e. The van der Waals surface area contributed by atoms with Crippen molar-refractivity contribution in [2.75, 3.05) is 11.9 Å². The zero-order valence-corrected chi connectivity index (χ0v) is 15.8. The largest absolute Gasteiger partial charge is 0.337 e. The molecule has 1 N–H and O–H groups in total. The lowest BCUT2D eigenvalue weighted by atomic mass is 10.1. The molecule has 0 fully saturated rings. The first-order valence-electron chi connectivity index (χ1n) is 8.26. The number of benzene rings is 1. The van der Waals surface area contributed by atoms with E-state index in [-0.39, 0.29) is 11.8 Å². The van der Waals surface area contributed by atoms with Crippen LogP contribution in [0.15, 0.2) is 24.3 Å². The number of nitrogens with zero attached hydrogens (tertiary/aromatic N) is 2. The first-order chi connectivity index (χ1) is 11.9. The van der Waals surface area contributed by atoms with Gasteiger partial charge in [0.1, 0.15) is 0 Å². The third-order valence-corrected chi connectivity index (χ3v) is 5.33. The number of hydrogen-bond donors (Lipinski definition) is 1. The molecule has 0 saturated carbocycles. The van der Waals surface area contributed by atoms with Gasteiger partial charge < -0.3 is 4.90 Å². The molecule has 0 unspecified atom stereocenters. The van der Waals surface area contributed by atoms with Crippen molar-refractivity contribution in [3.63, 3.8) is 0 Å². The second-order valence-corrected chi connectivity index (χ2v) is 7.98. The third kappa shape index (κ3) is 4.19. The van der Waals surface area contributed by atoms with Crippen LogP contribution in [0.4, 0.5) is 5.13 Å². The van der Waals surface area contributed by atoms with Gasteiger partial charge in [-0.05, 0) is 18.1 Å². The van der Waals surface area contributed by atoms with Gasteiger partial charge in [-0.2, -0.15) is 0 Å². The van der Waals surface area contributed by atoms with Crippen LogP contribution in [0.1, 0.15) is 41.2 Å². The monoisotopic (exact) mass is 377 g/mol. The van der Waals surface area contributed by atoms with Gasteiger partial charge in [0.2, 0.25) is 5.91 Å². The quantitative estimate of drug-likeness (QED) is 0.876. The molecule has 0 radical (unpaired) electrons. The normalized spacial score (nSPS) is 13.7. The van der Waals surface area contributed by atoms with E-state index >= 15 is 0 Å². The van der Waals surface area contributed by atoms with Gasteiger partial charge in [0, 0.05) is 24.3 Å². The summed E-state index contributed by atoms with van der Waals surface area (Å²) >= 11 is 7.48. The maximum absolute atomic E-state index is 12.3. The molecule has 1 aromatic carbocycles. The van der Waals surface area contributed by atoms with Crippen molar-refractivity contribution in [3.05, 3.63) is 45.4 Å². The number of anilines is 1. The Hall–Kier alpha value is -1.92. The van der Waals surface area contributed by atoms with E-state index in [0.717, 1.165) is 17.0 Å². The van der Waals surface area contributed by atoms with E-state index in [2.05, 4.69) is 10.3 Å². The predicted molar refractivity (Wildman–Crippen MR) is 100 cm³/mol. The molecule has 0 saturated heterocycles. The van der Waals surface area contributed by atoms with Gasteiger partial charge in [-0.15, -0.1) is 0 Å². The van der Waals surface area contributed by atoms with E-state index in [0.29, 0.717) is 41.1 Å². The molecular formula is C18H20ClN3O2S. The molecule has 0 bridgehead atoms. The minimum absolute atomic E-state index is 0.177. The molecule has 25 heavy (non-hydrogen) atoms. The topological polar surface area (TPSA) is 62.3 Å². The summed E-state index contributed by atoms with van der Waals surface area (Å²) in [7, 11) is 0. The van der Waals surface area contributed by atoms with Crippen molar-refractivity contribution >= 4 is 39.9 Å². The lowest BCUT2D eigenvalue weighted by molar-refractivity contribution is -0.132. The predicted octanol–water partition coefficient (Wildman–Crippen LogP) is 3.98. The Kier molecular flexibility index (Phi) is 5.39. The standard InChI is InChI=1S/C18H20ClN3O2S/c1-11(2)9-16(23)22-8-7-14-15(10-22)25-18(20-14)21-17(24)12-5-3-4-6-13(12)19/h3-6,11H,7-10H2,1-2H3,(H,20,21,24). The van der Waals surface area contributed by atoms with Crippen LogP contribution in [0, 0.1) is 5.92 Å². The van der Waals surface area contributed by atoms with Crippen LogP contribution in [0.3, 0.4) is 0 Å². The molecule has 0 aliphatic carbocycles. The van der Waals surface area contributed by atoms with E-state index in [9.17, 15) is 9.59 Å². The fourth-order valence-electron chi connectivity index (χ4n) is 2.75. The smallest absolute Gasteiger partial charge is 0.258 e. The molecule has 1 aliphatic heterocycles.